The zero-order chi connectivity index (χ0) is 11.8. The first-order valence-corrected chi connectivity index (χ1v) is 5.79. The van der Waals surface area contributed by atoms with Crippen molar-refractivity contribution in [3.05, 3.63) is 21.3 Å². The van der Waals surface area contributed by atoms with Crippen LogP contribution in [0.3, 0.4) is 0 Å². The molecule has 1 unspecified atom stereocenters. The van der Waals surface area contributed by atoms with Gasteiger partial charge >= 0.3 is 0 Å². The molecular formula is C11H18INO2. The molecule has 0 aliphatic heterocycles. The van der Waals surface area contributed by atoms with Crippen LogP contribution in [0.1, 0.15) is 27.7 Å². The number of methoxy groups -OCH3 is 1. The first-order chi connectivity index (χ1) is 6.95. The third kappa shape index (κ3) is 8.62. The molecule has 0 aromatic heterocycles. The Labute approximate surface area is 105 Å². The standard InChI is InChI=1S/C11H18INO2/c1-8(6-9(2)12)7-10(3)13-15-11(4)14-5/h6-7,11H,1-5H3/b8-7-,9-6-,13-10+. The van der Waals surface area contributed by atoms with Crippen molar-refractivity contribution in [2.45, 2.75) is 34.0 Å². The highest BCUT2D eigenvalue weighted by Crippen LogP contribution is 2.08. The predicted octanol–water partition coefficient (Wildman–Crippen LogP) is 3.66. The lowest BCUT2D eigenvalue weighted by molar-refractivity contribution is -0.109. The minimum atomic E-state index is -0.310. The Kier molecular flexibility index (Phi) is 7.68. The van der Waals surface area contributed by atoms with Crippen LogP contribution >= 0.6 is 22.6 Å². The molecule has 3 nitrogen and oxygen atoms in total. The van der Waals surface area contributed by atoms with Gasteiger partial charge in [-0.05, 0) is 58.6 Å². The molecule has 0 amide bonds. The summed E-state index contributed by atoms with van der Waals surface area (Å²) in [6.45, 7) is 7.76. The van der Waals surface area contributed by atoms with Crippen molar-refractivity contribution < 1.29 is 9.57 Å². The fourth-order valence-corrected chi connectivity index (χ4v) is 1.40. The lowest BCUT2D eigenvalue weighted by atomic mass is 10.2. The maximum Gasteiger partial charge on any atom is 0.223 e. The van der Waals surface area contributed by atoms with E-state index in [0.29, 0.717) is 0 Å². The normalized spacial score (nSPS) is 16.5. The second-order valence-corrected chi connectivity index (χ2v) is 4.96. The van der Waals surface area contributed by atoms with E-state index in [4.69, 9.17) is 9.57 Å². The fraction of sp³-hybridized carbons (Fsp3) is 0.545. The van der Waals surface area contributed by atoms with Gasteiger partial charge in [0.05, 0.1) is 5.71 Å². The van der Waals surface area contributed by atoms with E-state index < -0.39 is 0 Å². The van der Waals surface area contributed by atoms with Gasteiger partial charge in [0.2, 0.25) is 6.29 Å². The van der Waals surface area contributed by atoms with Gasteiger partial charge in [0, 0.05) is 14.0 Å². The Morgan fingerprint density at radius 3 is 2.33 bits per heavy atom. The van der Waals surface area contributed by atoms with Crippen LogP contribution in [0.2, 0.25) is 0 Å². The number of hydrogen-bond donors (Lipinski definition) is 0. The quantitative estimate of drug-likeness (QED) is 0.254. The average molecular weight is 323 g/mol. The number of halogens is 1. The number of ether oxygens (including phenoxy) is 1. The highest BCUT2D eigenvalue weighted by atomic mass is 127. The highest BCUT2D eigenvalue weighted by Gasteiger charge is 1.96. The van der Waals surface area contributed by atoms with E-state index in [9.17, 15) is 0 Å². The summed E-state index contributed by atoms with van der Waals surface area (Å²) in [7, 11) is 1.58. The number of hydrogen-bond acceptors (Lipinski definition) is 3. The van der Waals surface area contributed by atoms with Crippen LogP contribution < -0.4 is 0 Å². The van der Waals surface area contributed by atoms with Crippen molar-refractivity contribution in [2.75, 3.05) is 7.11 Å². The Hall–Kier alpha value is -0.360. The second-order valence-electron chi connectivity index (χ2n) is 3.26. The van der Waals surface area contributed by atoms with Crippen molar-refractivity contribution in [1.29, 1.82) is 0 Å². The first-order valence-electron chi connectivity index (χ1n) is 4.71. The minimum Gasteiger partial charge on any atom is -0.364 e. The minimum absolute atomic E-state index is 0.310. The van der Waals surface area contributed by atoms with Crippen LogP contribution in [-0.2, 0) is 9.57 Å². The fourth-order valence-electron chi connectivity index (χ4n) is 0.912. The summed E-state index contributed by atoms with van der Waals surface area (Å²) in [6, 6.07) is 0. The topological polar surface area (TPSA) is 30.8 Å². The molecule has 4 heteroatoms. The number of rotatable bonds is 5. The summed E-state index contributed by atoms with van der Waals surface area (Å²) >= 11 is 2.27. The van der Waals surface area contributed by atoms with Crippen LogP contribution in [0.5, 0.6) is 0 Å². The average Bonchev–Trinajstić information content (AvgIpc) is 2.12. The maximum absolute atomic E-state index is 5.06. The van der Waals surface area contributed by atoms with Gasteiger partial charge in [-0.15, -0.1) is 0 Å². The molecule has 0 saturated heterocycles. The largest absolute Gasteiger partial charge is 0.364 e. The molecular weight excluding hydrogens is 305 g/mol. The van der Waals surface area contributed by atoms with Gasteiger partial charge in [-0.2, -0.15) is 0 Å². The smallest absolute Gasteiger partial charge is 0.223 e. The third-order valence-corrected chi connectivity index (χ3v) is 1.85. The summed E-state index contributed by atoms with van der Waals surface area (Å²) in [4.78, 5) is 5.06. The van der Waals surface area contributed by atoms with Gasteiger partial charge in [0.1, 0.15) is 0 Å². The van der Waals surface area contributed by atoms with E-state index in [1.165, 1.54) is 3.58 Å². The van der Waals surface area contributed by atoms with E-state index in [0.717, 1.165) is 11.3 Å². The highest BCUT2D eigenvalue weighted by molar-refractivity contribution is 14.1. The van der Waals surface area contributed by atoms with E-state index in [2.05, 4.69) is 33.8 Å². The van der Waals surface area contributed by atoms with Crippen molar-refractivity contribution in [3.8, 4) is 0 Å². The van der Waals surface area contributed by atoms with Crippen LogP contribution in [-0.4, -0.2) is 19.1 Å². The molecule has 0 saturated carbocycles. The van der Waals surface area contributed by atoms with Gasteiger partial charge in [0.15, 0.2) is 0 Å². The summed E-state index contributed by atoms with van der Waals surface area (Å²) in [6.07, 6.45) is 3.74. The Morgan fingerprint density at radius 2 is 1.87 bits per heavy atom. The summed E-state index contributed by atoms with van der Waals surface area (Å²) in [5.74, 6) is 0. The van der Waals surface area contributed by atoms with E-state index in [-0.39, 0.29) is 6.29 Å². The van der Waals surface area contributed by atoms with Crippen LogP contribution in [0, 0.1) is 0 Å². The van der Waals surface area contributed by atoms with E-state index in [1.54, 1.807) is 14.0 Å². The molecule has 86 valence electrons. The van der Waals surface area contributed by atoms with Crippen molar-refractivity contribution >= 4 is 28.3 Å². The number of nitrogens with zero attached hydrogens (tertiary/aromatic N) is 1. The lowest BCUT2D eigenvalue weighted by Crippen LogP contribution is -2.07. The molecule has 0 aromatic rings. The maximum atomic E-state index is 5.06. The Balaban J connectivity index is 4.33. The molecule has 0 fully saturated rings. The molecule has 0 aliphatic rings. The van der Waals surface area contributed by atoms with Crippen LogP contribution in [0.4, 0.5) is 0 Å². The lowest BCUT2D eigenvalue weighted by Gasteiger charge is -2.06. The number of allylic oxidation sites excluding steroid dienone is 4. The van der Waals surface area contributed by atoms with Crippen molar-refractivity contribution in [2.24, 2.45) is 5.16 Å². The third-order valence-electron chi connectivity index (χ3n) is 1.54. The molecule has 1 atom stereocenters. The molecule has 15 heavy (non-hydrogen) atoms. The molecule has 0 spiro atoms. The predicted molar refractivity (Wildman–Crippen MR) is 72.2 cm³/mol. The molecule has 0 radical (unpaired) electrons. The van der Waals surface area contributed by atoms with Crippen molar-refractivity contribution in [1.82, 2.24) is 0 Å². The van der Waals surface area contributed by atoms with E-state index >= 15 is 0 Å². The monoisotopic (exact) mass is 323 g/mol. The molecule has 0 bridgehead atoms. The van der Waals surface area contributed by atoms with Crippen LogP contribution in [0.25, 0.3) is 0 Å². The zero-order valence-corrected chi connectivity index (χ0v) is 12.0. The SMILES string of the molecule is COC(C)O/N=C(C)/C=C(C)\C=C(\C)I. The molecule has 0 aliphatic carbocycles. The van der Waals surface area contributed by atoms with Crippen LogP contribution in [0.15, 0.2) is 26.5 Å². The Bertz CT molecular complexity index is 278. The van der Waals surface area contributed by atoms with Gasteiger partial charge in [-0.1, -0.05) is 11.2 Å². The first kappa shape index (κ1) is 14.6. The molecule has 0 rings (SSSR count). The van der Waals surface area contributed by atoms with Gasteiger partial charge in [-0.3, -0.25) is 0 Å². The molecule has 0 heterocycles. The molecule has 0 N–H and O–H groups in total. The van der Waals surface area contributed by atoms with Crippen molar-refractivity contribution in [3.63, 3.8) is 0 Å². The summed E-state index contributed by atoms with van der Waals surface area (Å²) in [5, 5.41) is 3.93. The second kappa shape index (κ2) is 7.87. The zero-order valence-electron chi connectivity index (χ0n) is 9.87. The molecule has 0 aromatic carbocycles. The van der Waals surface area contributed by atoms with E-state index in [1.807, 2.05) is 26.8 Å². The summed E-state index contributed by atoms with van der Waals surface area (Å²) < 4.78 is 6.14. The number of oxime groups is 1. The van der Waals surface area contributed by atoms with Gasteiger partial charge < -0.3 is 9.57 Å². The van der Waals surface area contributed by atoms with Gasteiger partial charge in [-0.25, -0.2) is 0 Å². The van der Waals surface area contributed by atoms with Gasteiger partial charge in [0.25, 0.3) is 0 Å². The summed E-state index contributed by atoms with van der Waals surface area (Å²) in [5.41, 5.74) is 1.97. The Morgan fingerprint density at radius 1 is 1.27 bits per heavy atom.